The van der Waals surface area contributed by atoms with Gasteiger partial charge in [0, 0.05) is 30.2 Å². The minimum absolute atomic E-state index is 0.454. The topological polar surface area (TPSA) is 29.9 Å². The number of hydrogen-bond acceptors (Lipinski definition) is 3. The largest absolute Gasteiger partial charge is 0.333 e. The van der Waals surface area contributed by atoms with Gasteiger partial charge < -0.3 is 9.88 Å². The van der Waals surface area contributed by atoms with Gasteiger partial charge in [0.15, 0.2) is 0 Å². The molecule has 2 heterocycles. The Kier molecular flexibility index (Phi) is 4.96. The van der Waals surface area contributed by atoms with E-state index < -0.39 is 0 Å². The molecule has 3 nitrogen and oxygen atoms in total. The van der Waals surface area contributed by atoms with Gasteiger partial charge in [0.25, 0.3) is 0 Å². The Morgan fingerprint density at radius 3 is 3.00 bits per heavy atom. The number of nitrogens with zero attached hydrogens (tertiary/aromatic N) is 2. The molecule has 0 fully saturated rings. The van der Waals surface area contributed by atoms with Crippen molar-refractivity contribution in [3.63, 3.8) is 0 Å². The van der Waals surface area contributed by atoms with E-state index in [1.165, 1.54) is 10.6 Å². The molecule has 0 spiro atoms. The minimum atomic E-state index is 0.454. The van der Waals surface area contributed by atoms with Crippen LogP contribution in [-0.2, 0) is 13.1 Å². The third-order valence-electron chi connectivity index (χ3n) is 3.09. The van der Waals surface area contributed by atoms with Crippen LogP contribution in [0.5, 0.6) is 0 Å². The molecule has 1 atom stereocenters. The Bertz CT molecular complexity index is 447. The summed E-state index contributed by atoms with van der Waals surface area (Å²) in [6.45, 7) is 6.35. The van der Waals surface area contributed by atoms with Crippen molar-refractivity contribution < 1.29 is 0 Å². The monoisotopic (exact) mass is 263 g/mol. The Balaban J connectivity index is 1.95. The first-order valence-electron chi connectivity index (χ1n) is 6.61. The number of nitrogens with one attached hydrogen (secondary N) is 1. The molecular weight excluding hydrogens is 242 g/mol. The first-order chi connectivity index (χ1) is 8.85. The smallest absolute Gasteiger partial charge is 0.0948 e. The van der Waals surface area contributed by atoms with Crippen molar-refractivity contribution >= 4 is 11.3 Å². The number of rotatable bonds is 7. The fourth-order valence-electron chi connectivity index (χ4n) is 2.10. The molecule has 0 saturated heterocycles. The fraction of sp³-hybridized carbons (Fsp3) is 0.500. The van der Waals surface area contributed by atoms with Gasteiger partial charge in [-0.05, 0) is 24.3 Å². The van der Waals surface area contributed by atoms with E-state index in [1.54, 1.807) is 0 Å². The van der Waals surface area contributed by atoms with Crippen LogP contribution in [0.15, 0.2) is 30.0 Å². The second-order valence-electron chi connectivity index (χ2n) is 4.44. The van der Waals surface area contributed by atoms with Crippen molar-refractivity contribution in [2.75, 3.05) is 0 Å². The molecule has 0 aromatic carbocycles. The Labute approximate surface area is 113 Å². The van der Waals surface area contributed by atoms with E-state index in [1.807, 2.05) is 23.9 Å². The zero-order chi connectivity index (χ0) is 12.8. The van der Waals surface area contributed by atoms with Gasteiger partial charge >= 0.3 is 0 Å². The molecule has 0 radical (unpaired) electrons. The molecule has 0 aliphatic heterocycles. The minimum Gasteiger partial charge on any atom is -0.333 e. The number of aryl methyl sites for hydroxylation is 1. The van der Waals surface area contributed by atoms with Crippen LogP contribution in [0.1, 0.15) is 43.3 Å². The molecule has 18 heavy (non-hydrogen) atoms. The summed E-state index contributed by atoms with van der Waals surface area (Å²) in [5.41, 5.74) is 1.27. The van der Waals surface area contributed by atoms with Crippen LogP contribution in [-0.4, -0.2) is 9.55 Å². The van der Waals surface area contributed by atoms with Crippen molar-refractivity contribution in [2.45, 2.75) is 45.8 Å². The predicted octanol–water partition coefficient (Wildman–Crippen LogP) is 3.60. The summed E-state index contributed by atoms with van der Waals surface area (Å²) >= 11 is 1.82. The molecule has 0 aliphatic carbocycles. The van der Waals surface area contributed by atoms with Crippen molar-refractivity contribution in [1.29, 1.82) is 0 Å². The molecular formula is C14H21N3S. The highest BCUT2D eigenvalue weighted by Crippen LogP contribution is 2.22. The van der Waals surface area contributed by atoms with Crippen LogP contribution in [0, 0.1) is 0 Å². The first-order valence-corrected chi connectivity index (χ1v) is 7.48. The molecule has 1 N–H and O–H groups in total. The van der Waals surface area contributed by atoms with Gasteiger partial charge in [-0.3, -0.25) is 0 Å². The Hall–Kier alpha value is -1.13. The van der Waals surface area contributed by atoms with E-state index in [-0.39, 0.29) is 0 Å². The standard InChI is InChI=1S/C14H21N3S/c1-3-7-17-11-15-9-12(17)10-16-13(4-2)14-6-5-8-18-14/h5-6,8-9,11,13,16H,3-4,7,10H2,1-2H3. The molecule has 2 rings (SSSR count). The van der Waals surface area contributed by atoms with E-state index in [0.29, 0.717) is 6.04 Å². The van der Waals surface area contributed by atoms with Crippen LogP contribution < -0.4 is 5.32 Å². The summed E-state index contributed by atoms with van der Waals surface area (Å²) in [5.74, 6) is 0. The maximum atomic E-state index is 4.23. The van der Waals surface area contributed by atoms with Crippen molar-refractivity contribution in [2.24, 2.45) is 0 Å². The van der Waals surface area contributed by atoms with Gasteiger partial charge in [0.1, 0.15) is 0 Å². The van der Waals surface area contributed by atoms with Crippen LogP contribution >= 0.6 is 11.3 Å². The molecule has 2 aromatic rings. The summed E-state index contributed by atoms with van der Waals surface area (Å²) in [6, 6.07) is 4.77. The Morgan fingerprint density at radius 2 is 2.33 bits per heavy atom. The third-order valence-corrected chi connectivity index (χ3v) is 4.07. The molecule has 0 saturated carbocycles. The van der Waals surface area contributed by atoms with Crippen molar-refractivity contribution in [1.82, 2.24) is 14.9 Å². The summed E-state index contributed by atoms with van der Waals surface area (Å²) in [5, 5.41) is 5.76. The lowest BCUT2D eigenvalue weighted by atomic mass is 10.2. The van der Waals surface area contributed by atoms with Gasteiger partial charge in [-0.15, -0.1) is 11.3 Å². The highest BCUT2D eigenvalue weighted by molar-refractivity contribution is 7.10. The zero-order valence-corrected chi connectivity index (χ0v) is 11.9. The lowest BCUT2D eigenvalue weighted by molar-refractivity contribution is 0.506. The van der Waals surface area contributed by atoms with Gasteiger partial charge in [0.2, 0.25) is 0 Å². The molecule has 0 amide bonds. The number of thiophene rings is 1. The number of hydrogen-bond donors (Lipinski definition) is 1. The highest BCUT2D eigenvalue weighted by Gasteiger charge is 2.10. The average molecular weight is 263 g/mol. The molecule has 2 aromatic heterocycles. The van der Waals surface area contributed by atoms with E-state index in [9.17, 15) is 0 Å². The lowest BCUT2D eigenvalue weighted by Crippen LogP contribution is -2.21. The zero-order valence-electron chi connectivity index (χ0n) is 11.1. The van der Waals surface area contributed by atoms with Crippen LogP contribution in [0.3, 0.4) is 0 Å². The van der Waals surface area contributed by atoms with Crippen molar-refractivity contribution in [3.05, 3.63) is 40.6 Å². The van der Waals surface area contributed by atoms with Gasteiger partial charge in [0.05, 0.1) is 12.0 Å². The molecule has 98 valence electrons. The first kappa shape index (κ1) is 13.3. The number of imidazole rings is 1. The van der Waals surface area contributed by atoms with Crippen LogP contribution in [0.25, 0.3) is 0 Å². The van der Waals surface area contributed by atoms with E-state index >= 15 is 0 Å². The van der Waals surface area contributed by atoms with Gasteiger partial charge in [-0.2, -0.15) is 0 Å². The second kappa shape index (κ2) is 6.71. The third kappa shape index (κ3) is 3.21. The predicted molar refractivity (Wildman–Crippen MR) is 76.7 cm³/mol. The van der Waals surface area contributed by atoms with Crippen LogP contribution in [0.2, 0.25) is 0 Å². The van der Waals surface area contributed by atoms with E-state index in [2.05, 4.69) is 46.2 Å². The van der Waals surface area contributed by atoms with E-state index in [0.717, 1.165) is 25.9 Å². The summed E-state index contributed by atoms with van der Waals surface area (Å²) in [7, 11) is 0. The SMILES string of the molecule is CCCn1cncc1CNC(CC)c1cccs1. The number of aromatic nitrogens is 2. The second-order valence-corrected chi connectivity index (χ2v) is 5.41. The van der Waals surface area contributed by atoms with Gasteiger partial charge in [-0.25, -0.2) is 4.98 Å². The van der Waals surface area contributed by atoms with E-state index in [4.69, 9.17) is 0 Å². The van der Waals surface area contributed by atoms with Crippen LogP contribution in [0.4, 0.5) is 0 Å². The Morgan fingerprint density at radius 1 is 1.44 bits per heavy atom. The average Bonchev–Trinajstić information content (AvgIpc) is 3.03. The molecule has 0 aliphatic rings. The molecule has 0 bridgehead atoms. The maximum absolute atomic E-state index is 4.23. The van der Waals surface area contributed by atoms with Gasteiger partial charge in [-0.1, -0.05) is 19.9 Å². The molecule has 4 heteroatoms. The quantitative estimate of drug-likeness (QED) is 0.827. The maximum Gasteiger partial charge on any atom is 0.0948 e. The fourth-order valence-corrected chi connectivity index (χ4v) is 2.99. The van der Waals surface area contributed by atoms with Crippen molar-refractivity contribution in [3.8, 4) is 0 Å². The molecule has 1 unspecified atom stereocenters. The summed E-state index contributed by atoms with van der Waals surface area (Å²) in [4.78, 5) is 5.65. The summed E-state index contributed by atoms with van der Waals surface area (Å²) in [6.07, 6.45) is 6.14. The summed E-state index contributed by atoms with van der Waals surface area (Å²) < 4.78 is 2.23. The lowest BCUT2D eigenvalue weighted by Gasteiger charge is -2.16. The highest BCUT2D eigenvalue weighted by atomic mass is 32.1. The normalized spacial score (nSPS) is 12.8.